The predicted molar refractivity (Wildman–Crippen MR) is 231 cm³/mol. The number of amides is 3. The van der Waals surface area contributed by atoms with Gasteiger partial charge in [0.25, 0.3) is 0 Å². The van der Waals surface area contributed by atoms with E-state index in [4.69, 9.17) is 23.8 Å². The molecule has 16 nitrogen and oxygen atoms in total. The van der Waals surface area contributed by atoms with Gasteiger partial charge in [-0.3, -0.25) is 24.0 Å². The molecule has 0 aliphatic rings. The maximum atomic E-state index is 13.1. The number of carbonyl (C=O) groups is 7. The molecule has 0 aliphatic carbocycles. The lowest BCUT2D eigenvalue weighted by Gasteiger charge is -2.26. The molecule has 2 atom stereocenters. The molecule has 0 spiro atoms. The Morgan fingerprint density at radius 2 is 0.820 bits per heavy atom. The van der Waals surface area contributed by atoms with Gasteiger partial charge in [-0.25, -0.2) is 19.9 Å². The zero-order valence-electron chi connectivity index (χ0n) is 39.2. The van der Waals surface area contributed by atoms with Crippen LogP contribution >= 0.6 is 0 Å². The van der Waals surface area contributed by atoms with Crippen molar-refractivity contribution in [2.24, 2.45) is 0 Å². The van der Waals surface area contributed by atoms with Crippen LogP contribution in [0.25, 0.3) is 0 Å². The summed E-state index contributed by atoms with van der Waals surface area (Å²) in [6.45, 7) is 15.5. The third-order valence-electron chi connectivity index (χ3n) is 8.79. The Morgan fingerprint density at radius 3 is 1.23 bits per heavy atom. The molecule has 0 aromatic carbocycles. The second-order valence-electron chi connectivity index (χ2n) is 18.4. The highest BCUT2D eigenvalue weighted by Gasteiger charge is 2.30. The van der Waals surface area contributed by atoms with Crippen molar-refractivity contribution in [2.75, 3.05) is 26.9 Å². The molecule has 3 N–H and O–H groups in total. The summed E-state index contributed by atoms with van der Waals surface area (Å²) >= 11 is 0. The molecule has 3 amide bonds. The fourth-order valence-corrected chi connectivity index (χ4v) is 5.89. The molecule has 0 aliphatic heterocycles. The molecule has 0 aromatic heterocycles. The number of methoxy groups -OCH3 is 1. The maximum absolute atomic E-state index is 13.1. The summed E-state index contributed by atoms with van der Waals surface area (Å²) in [7, 11) is 1.23. The van der Waals surface area contributed by atoms with Crippen LogP contribution in [0.1, 0.15) is 191 Å². The lowest BCUT2D eigenvalue weighted by atomic mass is 10.0. The van der Waals surface area contributed by atoms with E-state index in [0.29, 0.717) is 12.8 Å². The van der Waals surface area contributed by atoms with E-state index in [1.165, 1.54) is 45.6 Å². The van der Waals surface area contributed by atoms with Crippen LogP contribution in [0.15, 0.2) is 0 Å². The van der Waals surface area contributed by atoms with E-state index in [2.05, 4.69) is 20.9 Å². The Balaban J connectivity index is 4.67. The third kappa shape index (κ3) is 36.6. The summed E-state index contributed by atoms with van der Waals surface area (Å²) in [6, 6.07) is -2.26. The Hall–Kier alpha value is -3.79. The Morgan fingerprint density at radius 1 is 0.443 bits per heavy atom. The van der Waals surface area contributed by atoms with Crippen LogP contribution in [0.2, 0.25) is 0 Å². The van der Waals surface area contributed by atoms with Gasteiger partial charge < -0.3 is 34.3 Å². The van der Waals surface area contributed by atoms with Crippen LogP contribution in [0.4, 0.5) is 0 Å². The van der Waals surface area contributed by atoms with Crippen molar-refractivity contribution in [3.63, 3.8) is 0 Å². The van der Waals surface area contributed by atoms with Crippen molar-refractivity contribution < 1.29 is 62.1 Å². The fraction of sp³-hybridized carbons (Fsp3) is 0.844. The molecule has 354 valence electrons. The number of unbranched alkanes of at least 4 members (excludes halogenated alkanes) is 13. The summed E-state index contributed by atoms with van der Waals surface area (Å²) in [5.74, 6) is -3.53. The van der Waals surface area contributed by atoms with Crippen LogP contribution in [0.5, 0.6) is 0 Å². The summed E-state index contributed by atoms with van der Waals surface area (Å²) in [5.41, 5.74) is 0.113. The van der Waals surface area contributed by atoms with Crippen LogP contribution in [0, 0.1) is 0 Å². The smallest absolute Gasteiger partial charge is 0.331 e. The van der Waals surface area contributed by atoms with Crippen molar-refractivity contribution in [3.05, 3.63) is 0 Å². The Kier molecular flexibility index (Phi) is 30.0. The van der Waals surface area contributed by atoms with Gasteiger partial charge in [0.15, 0.2) is 0 Å². The number of carbonyl (C=O) groups excluding carboxylic acids is 7. The average Bonchev–Trinajstić information content (AvgIpc) is 3.13. The predicted octanol–water partition coefficient (Wildman–Crippen LogP) is 7.02. The summed E-state index contributed by atoms with van der Waals surface area (Å²) in [4.78, 5) is 92.4. The lowest BCUT2D eigenvalue weighted by molar-refractivity contribution is -0.160. The van der Waals surface area contributed by atoms with E-state index < -0.39 is 58.6 Å². The first-order chi connectivity index (χ1) is 28.5. The van der Waals surface area contributed by atoms with Crippen LogP contribution in [0.3, 0.4) is 0 Å². The average molecular weight is 872 g/mol. The minimum atomic E-state index is -1.18. The van der Waals surface area contributed by atoms with Crippen molar-refractivity contribution in [1.29, 1.82) is 0 Å². The first kappa shape index (κ1) is 57.2. The number of rotatable bonds is 33. The van der Waals surface area contributed by atoms with E-state index in [1.54, 1.807) is 41.5 Å². The summed E-state index contributed by atoms with van der Waals surface area (Å²) in [5, 5.41) is 5.35. The number of hydroxylamine groups is 1. The summed E-state index contributed by atoms with van der Waals surface area (Å²) in [6.07, 6.45) is 15.4. The number of esters is 4. The molecule has 0 heterocycles. The van der Waals surface area contributed by atoms with Crippen molar-refractivity contribution in [1.82, 2.24) is 16.1 Å². The Bertz CT molecular complexity index is 1300. The topological polar surface area (TPSA) is 211 Å². The van der Waals surface area contributed by atoms with Gasteiger partial charge in [0.05, 0.1) is 20.3 Å². The van der Waals surface area contributed by atoms with Gasteiger partial charge in [0.2, 0.25) is 17.7 Å². The Labute approximate surface area is 365 Å². The molecule has 0 rings (SSSR count). The molecule has 0 fully saturated rings. The molecule has 0 radical (unpaired) electrons. The molecular formula is C45H81N3O13. The normalized spacial score (nSPS) is 12.8. The van der Waals surface area contributed by atoms with Crippen LogP contribution in [-0.4, -0.2) is 97.4 Å². The number of nitrogens with one attached hydrogen (secondary N) is 3. The highest BCUT2D eigenvalue weighted by molar-refractivity contribution is 5.87. The van der Waals surface area contributed by atoms with E-state index in [-0.39, 0.29) is 63.8 Å². The minimum Gasteiger partial charge on any atom is -0.467 e. The highest BCUT2D eigenvalue weighted by Crippen LogP contribution is 2.17. The molecular weight excluding hydrogens is 791 g/mol. The highest BCUT2D eigenvalue weighted by atomic mass is 16.7. The van der Waals surface area contributed by atoms with Crippen LogP contribution in [-0.2, 0) is 62.1 Å². The molecule has 16 heteroatoms. The van der Waals surface area contributed by atoms with Gasteiger partial charge in [-0.1, -0.05) is 77.0 Å². The van der Waals surface area contributed by atoms with Gasteiger partial charge in [0, 0.05) is 25.7 Å². The largest absolute Gasteiger partial charge is 0.467 e. The van der Waals surface area contributed by atoms with Gasteiger partial charge in [0.1, 0.15) is 35.5 Å². The molecule has 61 heavy (non-hydrogen) atoms. The monoisotopic (exact) mass is 872 g/mol. The molecule has 0 aromatic rings. The van der Waals surface area contributed by atoms with Crippen molar-refractivity contribution >= 4 is 41.6 Å². The zero-order valence-corrected chi connectivity index (χ0v) is 39.2. The molecule has 0 unspecified atom stereocenters. The quantitative estimate of drug-likeness (QED) is 0.0262. The van der Waals surface area contributed by atoms with E-state index in [9.17, 15) is 33.6 Å². The maximum Gasteiger partial charge on any atom is 0.331 e. The van der Waals surface area contributed by atoms with Crippen molar-refractivity contribution in [3.8, 4) is 0 Å². The third-order valence-corrected chi connectivity index (χ3v) is 8.79. The standard InChI is InChI=1S/C45H81N3O13/c1-43(2,3)59-39(52)26-24-22-20-18-16-14-12-11-13-15-17-19-21-23-25-36(49)46-34(41(54)60-44(4,5)6)27-29-37(50)47-35(42(55)61-45(7,8)9)28-30-38(51)48-58-32-31-57-33-40(53)56-10/h34-35H,11-33H2,1-10H3,(H,46,49)(H,47,50)(H,48,51)/t34-,35-/m0/s1. The molecule has 0 bridgehead atoms. The fourth-order valence-electron chi connectivity index (χ4n) is 5.89. The second-order valence-corrected chi connectivity index (χ2v) is 18.4. The molecule has 0 saturated carbocycles. The van der Waals surface area contributed by atoms with Crippen LogP contribution < -0.4 is 16.1 Å². The second kappa shape index (κ2) is 32.0. The lowest BCUT2D eigenvalue weighted by Crippen LogP contribution is -2.47. The van der Waals surface area contributed by atoms with Gasteiger partial charge in [-0.05, 0) is 88.0 Å². The first-order valence-electron chi connectivity index (χ1n) is 22.3. The number of hydrogen-bond donors (Lipinski definition) is 3. The summed E-state index contributed by atoms with van der Waals surface area (Å²) < 4.78 is 25.8. The van der Waals surface area contributed by atoms with Gasteiger partial charge >= 0.3 is 23.9 Å². The van der Waals surface area contributed by atoms with E-state index in [1.807, 2.05) is 20.8 Å². The van der Waals surface area contributed by atoms with Gasteiger partial charge in [-0.2, -0.15) is 0 Å². The number of hydrogen-bond acceptors (Lipinski definition) is 13. The van der Waals surface area contributed by atoms with Crippen molar-refractivity contribution in [2.45, 2.75) is 220 Å². The SMILES string of the molecule is COC(=O)COCCONC(=O)CC[C@H](NC(=O)CC[C@H](NC(=O)CCCCCCCCCCCCCCCCC(=O)OC(C)(C)C)C(=O)OC(C)(C)C)C(=O)OC(C)(C)C. The zero-order chi connectivity index (χ0) is 46.3. The van der Waals surface area contributed by atoms with Gasteiger partial charge in [-0.15, -0.1) is 0 Å². The molecule has 0 saturated heterocycles. The number of ether oxygens (including phenoxy) is 5. The minimum absolute atomic E-state index is 0.0165. The first-order valence-corrected chi connectivity index (χ1v) is 22.3. The van der Waals surface area contributed by atoms with E-state index >= 15 is 0 Å². The van der Waals surface area contributed by atoms with E-state index in [0.717, 1.165) is 44.9 Å².